The molecule has 23 heavy (non-hydrogen) atoms. The first-order chi connectivity index (χ1) is 11.2. The zero-order chi connectivity index (χ0) is 15.8. The highest BCUT2D eigenvalue weighted by atomic mass is 32.1. The first-order valence-corrected chi connectivity index (χ1v) is 8.02. The van der Waals surface area contributed by atoms with Crippen molar-refractivity contribution in [3.63, 3.8) is 0 Å². The molecule has 1 aromatic carbocycles. The second-order valence-corrected chi connectivity index (χ2v) is 6.16. The van der Waals surface area contributed by atoms with Crippen molar-refractivity contribution in [2.45, 2.75) is 0 Å². The number of nitrogens with zero attached hydrogens (tertiary/aromatic N) is 4. The molecule has 2 aromatic heterocycles. The maximum atomic E-state index is 10.3. The normalized spacial score (nSPS) is 15.2. The van der Waals surface area contributed by atoms with Gasteiger partial charge >= 0.3 is 0 Å². The quantitative estimate of drug-likeness (QED) is 0.742. The van der Waals surface area contributed by atoms with Gasteiger partial charge in [0.2, 0.25) is 17.7 Å². The molecular weight excluding hydrogens is 316 g/mol. The van der Waals surface area contributed by atoms with Crippen LogP contribution in [0.15, 0.2) is 24.3 Å². The van der Waals surface area contributed by atoms with Crippen molar-refractivity contribution in [1.29, 1.82) is 0 Å². The SMILES string of the molecule is Oc1nc(N2CCOCC2)nc(O)c1-c1nc2ccccc2s1. The third-order valence-electron chi connectivity index (χ3n) is 3.66. The number of aromatic nitrogens is 3. The van der Waals surface area contributed by atoms with Crippen LogP contribution in [0.5, 0.6) is 11.8 Å². The summed E-state index contributed by atoms with van der Waals surface area (Å²) in [6, 6.07) is 7.63. The lowest BCUT2D eigenvalue weighted by Crippen LogP contribution is -2.37. The molecule has 0 radical (unpaired) electrons. The molecule has 1 fully saturated rings. The number of ether oxygens (including phenoxy) is 1. The van der Waals surface area contributed by atoms with Crippen LogP contribution >= 0.6 is 11.3 Å². The maximum absolute atomic E-state index is 10.3. The molecule has 2 N–H and O–H groups in total. The van der Waals surface area contributed by atoms with E-state index in [1.165, 1.54) is 11.3 Å². The molecular formula is C15H14N4O3S. The Labute approximate surface area is 135 Å². The van der Waals surface area contributed by atoms with Gasteiger partial charge in [-0.1, -0.05) is 12.1 Å². The lowest BCUT2D eigenvalue weighted by atomic mass is 10.3. The van der Waals surface area contributed by atoms with E-state index >= 15 is 0 Å². The van der Waals surface area contributed by atoms with E-state index in [1.807, 2.05) is 29.2 Å². The summed E-state index contributed by atoms with van der Waals surface area (Å²) in [4.78, 5) is 14.5. The Kier molecular flexibility index (Phi) is 3.47. The van der Waals surface area contributed by atoms with Crippen LogP contribution in [0.25, 0.3) is 20.8 Å². The zero-order valence-corrected chi connectivity index (χ0v) is 13.0. The molecule has 3 heterocycles. The van der Waals surface area contributed by atoms with E-state index in [2.05, 4.69) is 15.0 Å². The van der Waals surface area contributed by atoms with Crippen molar-refractivity contribution in [2.24, 2.45) is 0 Å². The van der Waals surface area contributed by atoms with Crippen molar-refractivity contribution in [2.75, 3.05) is 31.2 Å². The number of fused-ring (bicyclic) bond motifs is 1. The molecule has 8 heteroatoms. The predicted octanol–water partition coefficient (Wildman–Crippen LogP) is 2.00. The third kappa shape index (κ3) is 2.55. The van der Waals surface area contributed by atoms with Crippen LogP contribution in [-0.2, 0) is 4.74 Å². The Morgan fingerprint density at radius 1 is 1.00 bits per heavy atom. The average molecular weight is 330 g/mol. The van der Waals surface area contributed by atoms with E-state index < -0.39 is 0 Å². The van der Waals surface area contributed by atoms with Crippen molar-refractivity contribution in [3.8, 4) is 22.3 Å². The minimum atomic E-state index is -0.266. The number of anilines is 1. The number of hydrogen-bond donors (Lipinski definition) is 2. The fourth-order valence-electron chi connectivity index (χ4n) is 2.50. The van der Waals surface area contributed by atoms with Crippen molar-refractivity contribution >= 4 is 27.5 Å². The largest absolute Gasteiger partial charge is 0.493 e. The summed E-state index contributed by atoms with van der Waals surface area (Å²) in [5, 5.41) is 21.1. The molecule has 118 valence electrons. The Hall–Kier alpha value is -2.45. The lowest BCUT2D eigenvalue weighted by Gasteiger charge is -2.26. The van der Waals surface area contributed by atoms with Gasteiger partial charge in [0, 0.05) is 13.1 Å². The summed E-state index contributed by atoms with van der Waals surface area (Å²) < 4.78 is 6.25. The third-order valence-corrected chi connectivity index (χ3v) is 4.71. The maximum Gasteiger partial charge on any atom is 0.232 e. The van der Waals surface area contributed by atoms with Gasteiger partial charge in [0.1, 0.15) is 10.6 Å². The van der Waals surface area contributed by atoms with Crippen LogP contribution in [0, 0.1) is 0 Å². The van der Waals surface area contributed by atoms with Crippen LogP contribution in [0.1, 0.15) is 0 Å². The zero-order valence-electron chi connectivity index (χ0n) is 12.1. The van der Waals surface area contributed by atoms with E-state index in [-0.39, 0.29) is 17.3 Å². The average Bonchev–Trinajstić information content (AvgIpc) is 2.98. The summed E-state index contributed by atoms with van der Waals surface area (Å²) in [5.41, 5.74) is 0.978. The van der Waals surface area contributed by atoms with Gasteiger partial charge in [-0.3, -0.25) is 0 Å². The fourth-order valence-corrected chi connectivity index (χ4v) is 3.50. The molecule has 0 saturated carbocycles. The summed E-state index contributed by atoms with van der Waals surface area (Å²) in [6.45, 7) is 2.40. The van der Waals surface area contributed by atoms with Gasteiger partial charge in [0.15, 0.2) is 0 Å². The van der Waals surface area contributed by atoms with Gasteiger partial charge in [0.05, 0.1) is 23.4 Å². The highest BCUT2D eigenvalue weighted by molar-refractivity contribution is 7.21. The van der Waals surface area contributed by atoms with Crippen molar-refractivity contribution < 1.29 is 14.9 Å². The second kappa shape index (κ2) is 5.64. The smallest absolute Gasteiger partial charge is 0.232 e. The van der Waals surface area contributed by atoms with Crippen LogP contribution in [0.4, 0.5) is 5.95 Å². The van der Waals surface area contributed by atoms with Gasteiger partial charge in [0.25, 0.3) is 0 Å². The number of rotatable bonds is 2. The standard InChI is InChI=1S/C15H14N4O3S/c20-12-11(14-16-9-3-1-2-4-10(9)23-14)13(21)18-15(17-12)19-5-7-22-8-6-19/h1-4H,5-8H2,(H2,17,18,20,21). The molecule has 0 amide bonds. The first-order valence-electron chi connectivity index (χ1n) is 7.21. The number of aromatic hydroxyl groups is 2. The molecule has 3 aromatic rings. The van der Waals surface area contributed by atoms with Crippen LogP contribution in [0.3, 0.4) is 0 Å². The number of para-hydroxylation sites is 1. The summed E-state index contributed by atoms with van der Waals surface area (Å²) in [5.74, 6) is -0.232. The topological polar surface area (TPSA) is 91.6 Å². The first kappa shape index (κ1) is 14.2. The molecule has 0 atom stereocenters. The molecule has 4 rings (SSSR count). The highest BCUT2D eigenvalue weighted by Gasteiger charge is 2.22. The Morgan fingerprint density at radius 2 is 1.70 bits per heavy atom. The van der Waals surface area contributed by atoms with Crippen molar-refractivity contribution in [3.05, 3.63) is 24.3 Å². The minimum Gasteiger partial charge on any atom is -0.493 e. The predicted molar refractivity (Wildman–Crippen MR) is 87.0 cm³/mol. The Balaban J connectivity index is 1.76. The number of thiazole rings is 1. The molecule has 7 nitrogen and oxygen atoms in total. The molecule has 1 saturated heterocycles. The fraction of sp³-hybridized carbons (Fsp3) is 0.267. The Bertz CT molecular complexity index is 805. The van der Waals surface area contributed by atoms with Crippen LogP contribution < -0.4 is 4.90 Å². The number of benzene rings is 1. The molecule has 1 aliphatic heterocycles. The second-order valence-electron chi connectivity index (χ2n) is 5.13. The van der Waals surface area contributed by atoms with Crippen LogP contribution in [-0.4, -0.2) is 51.5 Å². The van der Waals surface area contributed by atoms with Gasteiger partial charge in [-0.05, 0) is 12.1 Å². The van der Waals surface area contributed by atoms with Gasteiger partial charge in [-0.2, -0.15) is 9.97 Å². The Morgan fingerprint density at radius 3 is 2.39 bits per heavy atom. The number of hydrogen-bond acceptors (Lipinski definition) is 8. The molecule has 0 bridgehead atoms. The molecule has 0 unspecified atom stereocenters. The molecule has 0 aliphatic carbocycles. The van der Waals surface area contributed by atoms with Gasteiger partial charge < -0.3 is 19.8 Å². The van der Waals surface area contributed by atoms with Gasteiger partial charge in [-0.25, -0.2) is 4.98 Å². The van der Waals surface area contributed by atoms with E-state index in [9.17, 15) is 10.2 Å². The van der Waals surface area contributed by atoms with Crippen LogP contribution in [0.2, 0.25) is 0 Å². The van der Waals surface area contributed by atoms with E-state index in [0.717, 1.165) is 10.2 Å². The highest BCUT2D eigenvalue weighted by Crippen LogP contribution is 2.39. The molecule has 1 aliphatic rings. The monoisotopic (exact) mass is 330 g/mol. The number of morpholine rings is 1. The van der Waals surface area contributed by atoms with E-state index in [4.69, 9.17) is 4.74 Å². The van der Waals surface area contributed by atoms with E-state index in [1.54, 1.807) is 0 Å². The lowest BCUT2D eigenvalue weighted by molar-refractivity contribution is 0.122. The van der Waals surface area contributed by atoms with E-state index in [0.29, 0.717) is 37.3 Å². The van der Waals surface area contributed by atoms with Gasteiger partial charge in [-0.15, -0.1) is 11.3 Å². The minimum absolute atomic E-state index is 0.170. The molecule has 0 spiro atoms. The summed E-state index contributed by atoms with van der Waals surface area (Å²) >= 11 is 1.38. The summed E-state index contributed by atoms with van der Waals surface area (Å²) in [6.07, 6.45) is 0. The summed E-state index contributed by atoms with van der Waals surface area (Å²) in [7, 11) is 0. The van der Waals surface area contributed by atoms with Crippen molar-refractivity contribution in [1.82, 2.24) is 15.0 Å².